The molecule has 4 rings (SSSR count). The van der Waals surface area contributed by atoms with Crippen molar-refractivity contribution < 1.29 is 28.9 Å². The van der Waals surface area contributed by atoms with Crippen molar-refractivity contribution in [2.75, 3.05) is 6.61 Å². The first-order chi connectivity index (χ1) is 18.4. The molecule has 2 aromatic rings. The smallest absolute Gasteiger partial charge is 0.344 e. The Morgan fingerprint density at radius 3 is 2.61 bits per heavy atom. The van der Waals surface area contributed by atoms with E-state index in [0.29, 0.717) is 11.8 Å². The predicted octanol–water partition coefficient (Wildman–Crippen LogP) is 5.81. The molecule has 1 N–H and O–H groups in total. The van der Waals surface area contributed by atoms with Crippen LogP contribution in [0.25, 0.3) is 0 Å². The highest BCUT2D eigenvalue weighted by molar-refractivity contribution is 5.71. The van der Waals surface area contributed by atoms with Gasteiger partial charge in [-0.3, -0.25) is 4.79 Å². The van der Waals surface area contributed by atoms with Gasteiger partial charge in [-0.1, -0.05) is 62.2 Å². The third kappa shape index (κ3) is 7.59. The van der Waals surface area contributed by atoms with Crippen molar-refractivity contribution in [1.29, 1.82) is 0 Å². The Kier molecular flexibility index (Phi) is 10.2. The number of hydrogen-bond acceptors (Lipinski definition) is 6. The predicted molar refractivity (Wildman–Crippen MR) is 146 cm³/mol. The molecule has 38 heavy (non-hydrogen) atoms. The lowest BCUT2D eigenvalue weighted by atomic mass is 9.73. The molecule has 0 saturated heterocycles. The molecule has 2 aliphatic carbocycles. The molecular weight excluding hydrogens is 480 g/mol. The summed E-state index contributed by atoms with van der Waals surface area (Å²) in [4.78, 5) is 23.9. The van der Waals surface area contributed by atoms with E-state index in [1.165, 1.54) is 12.5 Å². The number of unbranched alkanes of at least 4 members (excludes halogenated alkanes) is 2. The molecule has 1 fully saturated rings. The number of aliphatic hydroxyl groups is 1. The van der Waals surface area contributed by atoms with Gasteiger partial charge >= 0.3 is 11.9 Å². The van der Waals surface area contributed by atoms with Gasteiger partial charge in [-0.15, -0.1) is 0 Å². The van der Waals surface area contributed by atoms with Crippen molar-refractivity contribution in [2.45, 2.75) is 90.4 Å². The third-order valence-electron chi connectivity index (χ3n) is 8.22. The minimum Gasteiger partial charge on any atom is -0.482 e. The van der Waals surface area contributed by atoms with Crippen molar-refractivity contribution in [3.63, 3.8) is 0 Å². The Bertz CT molecular complexity index is 1050. The summed E-state index contributed by atoms with van der Waals surface area (Å²) in [6, 6.07) is 15.6. The molecule has 6 heteroatoms. The van der Waals surface area contributed by atoms with E-state index in [4.69, 9.17) is 14.2 Å². The summed E-state index contributed by atoms with van der Waals surface area (Å²) < 4.78 is 16.9. The zero-order chi connectivity index (χ0) is 26.9. The van der Waals surface area contributed by atoms with Crippen LogP contribution in [0.5, 0.6) is 5.75 Å². The minimum absolute atomic E-state index is 0.0668. The second-order valence-electron chi connectivity index (χ2n) is 10.9. The molecule has 206 valence electrons. The van der Waals surface area contributed by atoms with Crippen molar-refractivity contribution in [3.05, 3.63) is 65.2 Å². The monoisotopic (exact) mass is 522 g/mol. The molecule has 0 aromatic heterocycles. The van der Waals surface area contributed by atoms with Crippen molar-refractivity contribution in [1.82, 2.24) is 0 Å². The number of aliphatic hydroxyl groups excluding tert-OH is 1. The van der Waals surface area contributed by atoms with Crippen LogP contribution >= 0.6 is 0 Å². The van der Waals surface area contributed by atoms with Gasteiger partial charge in [0.15, 0.2) is 6.61 Å². The van der Waals surface area contributed by atoms with E-state index < -0.39 is 5.97 Å². The van der Waals surface area contributed by atoms with Gasteiger partial charge in [0.1, 0.15) is 18.5 Å². The number of fused-ring (bicyclic) bond motifs is 2. The Hall–Kier alpha value is -2.86. The van der Waals surface area contributed by atoms with Gasteiger partial charge in [0.2, 0.25) is 0 Å². The number of esters is 2. The Morgan fingerprint density at radius 2 is 1.84 bits per heavy atom. The Labute approximate surface area is 226 Å². The van der Waals surface area contributed by atoms with E-state index in [1.54, 1.807) is 0 Å². The standard InChI is InChI=1S/C32H42O6/c1-3-4-6-13-26(38-22(2)33)15-16-27-28-17-24-12-9-14-31(29(24)18-25(28)19-30(27)34)36-21-32(35)37-20-23-10-7-5-8-11-23/h5,7-12,14,25-28,30,34H,3-4,6,13,15-21H2,1-2H3/t25?,26?,27?,28?,30-/m1/s1. The van der Waals surface area contributed by atoms with Crippen LogP contribution in [0.15, 0.2) is 48.5 Å². The average Bonchev–Trinajstić information content (AvgIpc) is 3.22. The Balaban J connectivity index is 1.33. The van der Waals surface area contributed by atoms with Gasteiger partial charge in [0.25, 0.3) is 0 Å². The van der Waals surface area contributed by atoms with E-state index in [1.807, 2.05) is 42.5 Å². The summed E-state index contributed by atoms with van der Waals surface area (Å²) in [5.74, 6) is 1.11. The van der Waals surface area contributed by atoms with Crippen LogP contribution in [-0.4, -0.2) is 35.9 Å². The largest absolute Gasteiger partial charge is 0.482 e. The zero-order valence-corrected chi connectivity index (χ0v) is 22.8. The highest BCUT2D eigenvalue weighted by Crippen LogP contribution is 2.48. The molecule has 0 heterocycles. The molecule has 2 aliphatic rings. The lowest BCUT2D eigenvalue weighted by Gasteiger charge is -2.32. The summed E-state index contributed by atoms with van der Waals surface area (Å²) >= 11 is 0. The lowest BCUT2D eigenvalue weighted by Crippen LogP contribution is -2.28. The van der Waals surface area contributed by atoms with Crippen LogP contribution in [0.1, 0.15) is 75.5 Å². The second kappa shape index (κ2) is 13.8. The molecule has 0 aliphatic heterocycles. The van der Waals surface area contributed by atoms with E-state index >= 15 is 0 Å². The molecule has 0 radical (unpaired) electrons. The number of carbonyl (C=O) groups is 2. The highest BCUT2D eigenvalue weighted by Gasteiger charge is 2.45. The summed E-state index contributed by atoms with van der Waals surface area (Å²) in [7, 11) is 0. The molecule has 0 spiro atoms. The molecule has 4 unspecified atom stereocenters. The van der Waals surface area contributed by atoms with E-state index in [-0.39, 0.29) is 37.3 Å². The molecular formula is C32H42O6. The van der Waals surface area contributed by atoms with Crippen molar-refractivity contribution in [2.24, 2.45) is 17.8 Å². The number of hydrogen-bond donors (Lipinski definition) is 1. The molecule has 0 bridgehead atoms. The van der Waals surface area contributed by atoms with Crippen LogP contribution < -0.4 is 4.74 Å². The highest BCUT2D eigenvalue weighted by atomic mass is 16.6. The fourth-order valence-corrected chi connectivity index (χ4v) is 6.35. The quantitative estimate of drug-likeness (QED) is 0.264. The van der Waals surface area contributed by atoms with Gasteiger partial charge in [-0.05, 0) is 85.5 Å². The maximum atomic E-state index is 12.3. The summed E-state index contributed by atoms with van der Waals surface area (Å²) in [6.07, 6.45) is 7.99. The number of carbonyl (C=O) groups excluding carboxylic acids is 2. The lowest BCUT2D eigenvalue weighted by molar-refractivity contribution is -0.148. The molecule has 0 amide bonds. The summed E-state index contributed by atoms with van der Waals surface area (Å²) in [5.41, 5.74) is 3.33. The third-order valence-corrected chi connectivity index (χ3v) is 8.22. The van der Waals surface area contributed by atoms with Crippen LogP contribution in [0.2, 0.25) is 0 Å². The van der Waals surface area contributed by atoms with Crippen LogP contribution in [0.4, 0.5) is 0 Å². The topological polar surface area (TPSA) is 82.1 Å². The molecule has 5 atom stereocenters. The second-order valence-corrected chi connectivity index (χ2v) is 10.9. The molecule has 1 saturated carbocycles. The van der Waals surface area contributed by atoms with E-state index in [2.05, 4.69) is 13.0 Å². The maximum Gasteiger partial charge on any atom is 0.344 e. The van der Waals surface area contributed by atoms with Gasteiger partial charge in [0, 0.05) is 6.92 Å². The van der Waals surface area contributed by atoms with Gasteiger partial charge in [-0.2, -0.15) is 0 Å². The first kappa shape index (κ1) is 28.2. The van der Waals surface area contributed by atoms with Crippen LogP contribution in [0, 0.1) is 17.8 Å². The number of ether oxygens (including phenoxy) is 3. The average molecular weight is 523 g/mol. The van der Waals surface area contributed by atoms with Crippen molar-refractivity contribution in [3.8, 4) is 5.75 Å². The normalized spacial score (nSPS) is 22.7. The fourth-order valence-electron chi connectivity index (χ4n) is 6.35. The molecule has 2 aromatic carbocycles. The summed E-state index contributed by atoms with van der Waals surface area (Å²) in [5, 5.41) is 11.0. The number of benzene rings is 2. The van der Waals surface area contributed by atoms with Crippen molar-refractivity contribution >= 4 is 11.9 Å². The van der Waals surface area contributed by atoms with Gasteiger partial charge in [0.05, 0.1) is 6.10 Å². The number of rotatable bonds is 13. The minimum atomic E-state index is -0.391. The van der Waals surface area contributed by atoms with E-state index in [9.17, 15) is 14.7 Å². The fraction of sp³-hybridized carbons (Fsp3) is 0.562. The van der Waals surface area contributed by atoms with Crippen LogP contribution in [0.3, 0.4) is 0 Å². The summed E-state index contributed by atoms with van der Waals surface area (Å²) in [6.45, 7) is 3.76. The zero-order valence-electron chi connectivity index (χ0n) is 22.8. The van der Waals surface area contributed by atoms with Crippen LogP contribution in [-0.2, 0) is 38.5 Å². The maximum absolute atomic E-state index is 12.3. The first-order valence-corrected chi connectivity index (χ1v) is 14.2. The van der Waals surface area contributed by atoms with Gasteiger partial charge in [-0.25, -0.2) is 4.79 Å². The Morgan fingerprint density at radius 1 is 1.03 bits per heavy atom. The SMILES string of the molecule is CCCCCC(CCC1C2Cc3cccc(OCC(=O)OCc4ccccc4)c3CC2C[C@H]1O)OC(C)=O. The molecule has 6 nitrogen and oxygen atoms in total. The first-order valence-electron chi connectivity index (χ1n) is 14.2. The van der Waals surface area contributed by atoms with E-state index in [0.717, 1.165) is 74.7 Å². The van der Waals surface area contributed by atoms with Gasteiger partial charge < -0.3 is 19.3 Å².